The topological polar surface area (TPSA) is 265 Å². The molecular weight excluding hydrogens is 1500 g/mol. The van der Waals surface area contributed by atoms with Crippen molar-refractivity contribution in [3.8, 4) is 51.7 Å². The first-order chi connectivity index (χ1) is 57.7. The molecule has 0 aliphatic carbocycles. The van der Waals surface area contributed by atoms with Crippen LogP contribution in [0.3, 0.4) is 0 Å². The molecule has 0 spiro atoms. The number of aliphatic hydroxyl groups is 1. The van der Waals surface area contributed by atoms with Crippen LogP contribution in [0, 0.1) is 0 Å². The Bertz CT molecular complexity index is 4670. The maximum absolute atomic E-state index is 13.1. The summed E-state index contributed by atoms with van der Waals surface area (Å²) in [5.74, 6) is 0.741. The Hall–Kier alpha value is -12.2. The number of esters is 6. The first-order valence-electron chi connectivity index (χ1n) is 41.1. The number of ether oxygens (including phenoxy) is 11. The summed E-state index contributed by atoms with van der Waals surface area (Å²) in [5.41, 5.74) is 0.821. The van der Waals surface area contributed by atoms with Crippen molar-refractivity contribution in [2.24, 2.45) is 0 Å². The molecule has 0 fully saturated rings. The fraction of sp³-hybridized carbons (Fsp3) is 0.347. The molecule has 0 saturated heterocycles. The zero-order valence-electron chi connectivity index (χ0n) is 68.2. The summed E-state index contributed by atoms with van der Waals surface area (Å²) in [4.78, 5) is 72.8. The number of hydrogen-bond acceptors (Lipinski definition) is 20. The van der Waals surface area contributed by atoms with Gasteiger partial charge in [-0.1, -0.05) is 150 Å². The van der Waals surface area contributed by atoms with E-state index < -0.39 is 35.8 Å². The van der Waals surface area contributed by atoms with Gasteiger partial charge < -0.3 is 67.4 Å². The van der Waals surface area contributed by atoms with Crippen molar-refractivity contribution >= 4 is 68.1 Å². The third-order valence-electron chi connectivity index (χ3n) is 18.4. The maximum atomic E-state index is 13.1. The highest BCUT2D eigenvalue weighted by molar-refractivity contribution is 5.96. The first-order valence-corrected chi connectivity index (χ1v) is 41.1. The van der Waals surface area contributed by atoms with Gasteiger partial charge >= 0.3 is 35.8 Å². The molecule has 0 saturated carbocycles. The molecule has 0 aromatic heterocycles. The van der Waals surface area contributed by atoms with Gasteiger partial charge in [-0.3, -0.25) is 0 Å². The molecule has 10 aromatic carbocycles. The third-order valence-corrected chi connectivity index (χ3v) is 18.4. The van der Waals surface area contributed by atoms with Crippen molar-refractivity contribution in [2.75, 3.05) is 66.1 Å². The molecule has 0 heterocycles. The Morgan fingerprint density at radius 1 is 0.297 bits per heavy atom. The number of phenols is 2. The number of rotatable bonds is 48. The number of aliphatic hydroxyl groups excluding tert-OH is 1. The highest BCUT2D eigenvalue weighted by Gasteiger charge is 2.20. The SMILES string of the molecule is C=CC(=O)OCCCCCCOc1ccc(C(=O)Oc2ccc(O)c(C(=O)OCCCCC)c2)cc1.C=CC(=O)OCCCCCCOc1ccc(C(=O)Oc2ccc(OCCCCCCOc3ccc4ccccc4c3)c(C(=O)OCCCCC)c2)cc1.OCCCCCCOc1ccc2ccccc2c1.Oc1ccc2ccccc2c1. The summed E-state index contributed by atoms with van der Waals surface area (Å²) < 4.78 is 60.8. The highest BCUT2D eigenvalue weighted by atomic mass is 16.6. The Morgan fingerprint density at radius 2 is 0.627 bits per heavy atom. The average molecular weight is 1610 g/mol. The molecule has 118 heavy (non-hydrogen) atoms. The molecule has 10 aromatic rings. The molecule has 0 radical (unpaired) electrons. The van der Waals surface area contributed by atoms with Gasteiger partial charge in [0.05, 0.1) is 70.6 Å². The third kappa shape index (κ3) is 35.9. The van der Waals surface area contributed by atoms with E-state index in [1.807, 2.05) is 73.7 Å². The molecule has 626 valence electrons. The van der Waals surface area contributed by atoms with Crippen molar-refractivity contribution in [3.05, 3.63) is 260 Å². The van der Waals surface area contributed by atoms with Crippen LogP contribution < -0.4 is 33.2 Å². The zero-order chi connectivity index (χ0) is 84.0. The van der Waals surface area contributed by atoms with Crippen LogP contribution in [-0.2, 0) is 28.5 Å². The van der Waals surface area contributed by atoms with E-state index in [-0.39, 0.29) is 35.0 Å². The van der Waals surface area contributed by atoms with Crippen LogP contribution >= 0.6 is 0 Å². The zero-order valence-corrected chi connectivity index (χ0v) is 68.2. The standard InChI is InChI=1S/C44H52O9.C28H34O8.C16H20O2.C10H8O/c1-3-5-12-31-52-44(47)40-33-39(53-43(46)35-20-22-37(23-21-35)48-27-13-7-9-16-30-51-42(45)4-2)25-26-41(40)50-29-15-8-6-14-28-49-38-24-19-34-17-10-11-18-36(34)32-38;1-3-5-8-19-35-28(32)24-20-23(15-16-25(24)29)36-27(31)21-11-13-22(14-12-21)33-17-9-6-7-10-18-34-26(30)4-2;17-11-5-1-2-6-12-18-16-10-9-14-7-3-4-8-15(14)13-16;11-10-6-5-8-3-1-2-4-9(8)7-10/h4,10-11,17-26,32-33H,2-3,5-9,12-16,27-31H2,1H3;4,11-16,20,29H,2-3,5-10,17-19H2,1H3;3-4,7-10,13,17H,1-2,5-6,11-12H2;1-7,11H. The van der Waals surface area contributed by atoms with E-state index in [1.54, 1.807) is 72.8 Å². The van der Waals surface area contributed by atoms with Crippen LogP contribution in [0.4, 0.5) is 0 Å². The molecule has 0 bridgehead atoms. The smallest absolute Gasteiger partial charge is 0.343 e. The maximum Gasteiger partial charge on any atom is 0.343 e. The lowest BCUT2D eigenvalue weighted by molar-refractivity contribution is -0.138. The van der Waals surface area contributed by atoms with Crippen LogP contribution in [0.5, 0.6) is 51.7 Å². The molecule has 0 aliphatic heterocycles. The van der Waals surface area contributed by atoms with Gasteiger partial charge in [0.25, 0.3) is 0 Å². The van der Waals surface area contributed by atoms with Gasteiger partial charge in [-0.15, -0.1) is 0 Å². The number of benzene rings is 10. The molecule has 0 amide bonds. The quantitative estimate of drug-likeness (QED) is 0.0105. The summed E-state index contributed by atoms with van der Waals surface area (Å²) >= 11 is 0. The summed E-state index contributed by atoms with van der Waals surface area (Å²) in [6.07, 6.45) is 22.6. The van der Waals surface area contributed by atoms with E-state index in [1.165, 1.54) is 40.4 Å². The number of unbranched alkanes of at least 4 members (excludes halogenated alkanes) is 16. The van der Waals surface area contributed by atoms with Gasteiger partial charge in [0.15, 0.2) is 0 Å². The summed E-state index contributed by atoms with van der Waals surface area (Å²) in [5, 5.41) is 34.8. The molecule has 0 aliphatic rings. The lowest BCUT2D eigenvalue weighted by Crippen LogP contribution is -2.12. The van der Waals surface area contributed by atoms with Crippen LogP contribution in [0.2, 0.25) is 0 Å². The minimum atomic E-state index is -0.667. The van der Waals surface area contributed by atoms with E-state index in [0.29, 0.717) is 87.0 Å². The van der Waals surface area contributed by atoms with Crippen molar-refractivity contribution in [1.82, 2.24) is 0 Å². The normalized spacial score (nSPS) is 10.6. The summed E-state index contributed by atoms with van der Waals surface area (Å²) in [6, 6.07) is 64.2. The van der Waals surface area contributed by atoms with Crippen molar-refractivity contribution < 1.29 is 96.2 Å². The van der Waals surface area contributed by atoms with Gasteiger partial charge in [0, 0.05) is 18.8 Å². The van der Waals surface area contributed by atoms with Gasteiger partial charge in [-0.05, 0) is 263 Å². The molecule has 0 atom stereocenters. The number of carbonyl (C=O) groups excluding carboxylic acids is 6. The Morgan fingerprint density at radius 3 is 1.05 bits per heavy atom. The average Bonchev–Trinajstić information content (AvgIpc) is 0.828. The van der Waals surface area contributed by atoms with E-state index >= 15 is 0 Å². The van der Waals surface area contributed by atoms with E-state index in [0.717, 1.165) is 188 Å². The highest BCUT2D eigenvalue weighted by Crippen LogP contribution is 2.30. The lowest BCUT2D eigenvalue weighted by atomic mass is 10.1. The number of aromatic hydroxyl groups is 2. The molecule has 20 heteroatoms. The molecular formula is C98H114O20. The minimum Gasteiger partial charge on any atom is -0.508 e. The van der Waals surface area contributed by atoms with E-state index in [4.69, 9.17) is 62.3 Å². The van der Waals surface area contributed by atoms with Crippen LogP contribution in [0.15, 0.2) is 238 Å². The minimum absolute atomic E-state index is 0.0571. The van der Waals surface area contributed by atoms with Crippen molar-refractivity contribution in [2.45, 2.75) is 155 Å². The van der Waals surface area contributed by atoms with Crippen LogP contribution in [-0.4, -0.2) is 117 Å². The summed E-state index contributed by atoms with van der Waals surface area (Å²) in [7, 11) is 0. The number of hydrogen-bond donors (Lipinski definition) is 3. The van der Waals surface area contributed by atoms with Crippen molar-refractivity contribution in [1.29, 1.82) is 0 Å². The van der Waals surface area contributed by atoms with E-state index in [9.17, 15) is 33.9 Å². The lowest BCUT2D eigenvalue weighted by Gasteiger charge is -2.13. The fourth-order valence-electron chi connectivity index (χ4n) is 11.8. The molecule has 0 unspecified atom stereocenters. The van der Waals surface area contributed by atoms with Crippen LogP contribution in [0.1, 0.15) is 197 Å². The van der Waals surface area contributed by atoms with Gasteiger partial charge in [0.2, 0.25) is 0 Å². The van der Waals surface area contributed by atoms with Gasteiger partial charge in [-0.25, -0.2) is 28.8 Å². The van der Waals surface area contributed by atoms with Crippen LogP contribution in [0.25, 0.3) is 32.3 Å². The second-order valence-corrected chi connectivity index (χ2v) is 27.8. The summed E-state index contributed by atoms with van der Waals surface area (Å²) in [6.45, 7) is 15.4. The molecule has 20 nitrogen and oxygen atoms in total. The number of carbonyl (C=O) groups is 6. The second-order valence-electron chi connectivity index (χ2n) is 27.8. The predicted molar refractivity (Wildman–Crippen MR) is 461 cm³/mol. The number of phenolic OH excluding ortho intramolecular Hbond substituents is 2. The Balaban J connectivity index is 0.000000250. The molecule has 3 N–H and O–H groups in total. The van der Waals surface area contributed by atoms with Gasteiger partial charge in [-0.2, -0.15) is 0 Å². The number of fused-ring (bicyclic) bond motifs is 3. The molecule has 10 rings (SSSR count). The Kier molecular flexibility index (Phi) is 43.7. The Labute approximate surface area is 693 Å². The monoisotopic (exact) mass is 1610 g/mol. The largest absolute Gasteiger partial charge is 0.508 e. The first kappa shape index (κ1) is 93.0. The van der Waals surface area contributed by atoms with E-state index in [2.05, 4.69) is 68.6 Å². The predicted octanol–water partition coefficient (Wildman–Crippen LogP) is 22.0. The second kappa shape index (κ2) is 55.4. The van der Waals surface area contributed by atoms with Gasteiger partial charge in [0.1, 0.15) is 62.9 Å². The van der Waals surface area contributed by atoms with Crippen molar-refractivity contribution in [3.63, 3.8) is 0 Å². The fourth-order valence-corrected chi connectivity index (χ4v) is 11.8.